The van der Waals surface area contributed by atoms with Crippen LogP contribution in [0.15, 0.2) is 60.7 Å². The van der Waals surface area contributed by atoms with Gasteiger partial charge in [0.25, 0.3) is 0 Å². The van der Waals surface area contributed by atoms with Crippen molar-refractivity contribution in [3.63, 3.8) is 0 Å². The summed E-state index contributed by atoms with van der Waals surface area (Å²) in [7, 11) is 20.6. The van der Waals surface area contributed by atoms with Crippen LogP contribution in [0.5, 0.6) is 57.5 Å². The fourth-order valence-electron chi connectivity index (χ4n) is 10.1. The van der Waals surface area contributed by atoms with Crippen LogP contribution in [0.25, 0.3) is 0 Å². The number of hydrogen-bond acceptors (Lipinski definition) is 14. The number of rotatable bonds is 23. The van der Waals surface area contributed by atoms with Crippen molar-refractivity contribution in [3.05, 3.63) is 94.1 Å². The Morgan fingerprint density at radius 3 is 1.33 bits per heavy atom. The maximum atomic E-state index is 12.9. The zero-order valence-electron chi connectivity index (χ0n) is 42.3. The van der Waals surface area contributed by atoms with Crippen LogP contribution in [0.4, 0.5) is 0 Å². The molecule has 0 aromatic heterocycles. The van der Waals surface area contributed by atoms with Crippen molar-refractivity contribution in [2.45, 2.75) is 44.2 Å². The van der Waals surface area contributed by atoms with E-state index < -0.39 is 11.9 Å². The maximum Gasteiger partial charge on any atom is 0.331 e. The highest BCUT2D eigenvalue weighted by Crippen LogP contribution is 2.49. The van der Waals surface area contributed by atoms with Crippen molar-refractivity contribution in [3.8, 4) is 57.5 Å². The van der Waals surface area contributed by atoms with Gasteiger partial charge in [-0.3, -0.25) is 0 Å². The van der Waals surface area contributed by atoms with Crippen LogP contribution in [-0.2, 0) is 38.3 Å². The van der Waals surface area contributed by atoms with Gasteiger partial charge in [0.2, 0.25) is 11.5 Å². The highest BCUT2D eigenvalue weighted by molar-refractivity contribution is 5.91. The van der Waals surface area contributed by atoms with Gasteiger partial charge in [-0.05, 0) is 65.2 Å². The van der Waals surface area contributed by atoms with Gasteiger partial charge in [-0.15, -0.1) is 0 Å². The molecule has 0 saturated heterocycles. The molecule has 374 valence electrons. The minimum Gasteiger partial charge on any atom is -0.493 e. The Balaban J connectivity index is 1.08. The molecule has 16 heteroatoms. The molecule has 0 amide bonds. The van der Waals surface area contributed by atoms with Gasteiger partial charge in [0.1, 0.15) is 12.1 Å². The zero-order chi connectivity index (χ0) is 49.9. The van der Waals surface area contributed by atoms with Crippen LogP contribution < -0.4 is 47.4 Å². The van der Waals surface area contributed by atoms with Crippen molar-refractivity contribution in [1.29, 1.82) is 0 Å². The third-order valence-corrected chi connectivity index (χ3v) is 13.7. The Bertz CT molecular complexity index is 2420. The van der Waals surface area contributed by atoms with E-state index in [1.165, 1.54) is 5.56 Å². The second-order valence-corrected chi connectivity index (χ2v) is 17.7. The molecule has 16 nitrogen and oxygen atoms in total. The first-order valence-corrected chi connectivity index (χ1v) is 23.1. The summed E-state index contributed by atoms with van der Waals surface area (Å²) in [6.45, 7) is 3.36. The largest absolute Gasteiger partial charge is 0.493 e. The second kappa shape index (κ2) is 23.2. The fraction of sp³-hybridized carbons (Fsp3) is 0.472. The third kappa shape index (κ3) is 11.3. The predicted octanol–water partition coefficient (Wildman–Crippen LogP) is 7.27. The summed E-state index contributed by atoms with van der Waals surface area (Å²) in [5.74, 6) is 4.71. The lowest BCUT2D eigenvalue weighted by Gasteiger charge is -2.46. The number of likely N-dealkylation sites (N-methyl/N-ethyl adjacent to an activating group) is 2. The van der Waals surface area contributed by atoms with Crippen molar-refractivity contribution in [2.24, 2.45) is 0 Å². The van der Waals surface area contributed by atoms with E-state index in [0.717, 1.165) is 65.9 Å². The Morgan fingerprint density at radius 2 is 0.884 bits per heavy atom. The topological polar surface area (TPSA) is 145 Å². The van der Waals surface area contributed by atoms with E-state index in [1.54, 1.807) is 71.1 Å². The molecule has 4 unspecified atom stereocenters. The van der Waals surface area contributed by atoms with E-state index in [-0.39, 0.29) is 25.3 Å². The molecule has 2 aliphatic rings. The smallest absolute Gasteiger partial charge is 0.331 e. The monoisotopic (exact) mass is 958 g/mol. The second-order valence-electron chi connectivity index (χ2n) is 17.7. The summed E-state index contributed by atoms with van der Waals surface area (Å²) >= 11 is 0. The maximum absolute atomic E-state index is 12.9. The standard InChI is InChI=1S/C53H70N2O14/c1-54(21-17-35-28-41(58-3)43(60-5)32-38(35)40(54)25-34-26-45(62-7)52(66-11)46(27-34)63-8)19-13-23-68-49(56)15-16-50(57)69-24-14-20-55(2)22-18-36-29-42(59-4)44(61-6)33-39(36)51(55)37-30-47(64-9)53(67-12)48(31-37)65-10/h15-16,26-33,40,51H,13-14,17-25H2,1-12H3/q+2/b16-15+. The van der Waals surface area contributed by atoms with Crippen LogP contribution >= 0.6 is 0 Å². The molecule has 0 fully saturated rings. The number of esters is 2. The molecule has 2 aliphatic heterocycles. The van der Waals surface area contributed by atoms with Crippen molar-refractivity contribution >= 4 is 11.9 Å². The summed E-state index contributed by atoms with van der Waals surface area (Å²) in [6.07, 6.45) is 5.68. The van der Waals surface area contributed by atoms with E-state index in [0.29, 0.717) is 98.8 Å². The Hall–Kier alpha value is -6.52. The number of quaternary nitrogens is 2. The Labute approximate surface area is 406 Å². The summed E-state index contributed by atoms with van der Waals surface area (Å²) in [6, 6.07) is 16.0. The molecular weight excluding hydrogens is 889 g/mol. The molecule has 2 heterocycles. The lowest BCUT2D eigenvalue weighted by atomic mass is 9.85. The number of carbonyl (C=O) groups excluding carboxylic acids is 2. The number of ether oxygens (including phenoxy) is 12. The quantitative estimate of drug-likeness (QED) is 0.0318. The van der Waals surface area contributed by atoms with Gasteiger partial charge in [0.05, 0.1) is 125 Å². The number of nitrogens with zero attached hydrogens (tertiary/aromatic N) is 2. The normalized spacial score (nSPS) is 19.4. The van der Waals surface area contributed by atoms with E-state index in [1.807, 2.05) is 36.4 Å². The SMILES string of the molecule is COc1cc2c(cc1OC)C(Cc1cc(OC)c(OC)c(OC)c1)[N+](C)(CCCOC(=O)/C=C/C(=O)OCCC[N+]1(C)CCc3cc(OC)c(OC)cc3C1c1cc(OC)c(OC)c(OC)c1)CC2. The number of methoxy groups -OCH3 is 10. The average molecular weight is 959 g/mol. The molecule has 0 radical (unpaired) electrons. The summed E-state index contributed by atoms with van der Waals surface area (Å²) in [4.78, 5) is 25.8. The van der Waals surface area contributed by atoms with Gasteiger partial charge in [0.15, 0.2) is 46.0 Å². The van der Waals surface area contributed by atoms with Gasteiger partial charge < -0.3 is 65.8 Å². The minimum absolute atomic E-state index is 0.00465. The van der Waals surface area contributed by atoms with Crippen molar-refractivity contribution < 1.29 is 75.4 Å². The summed E-state index contributed by atoms with van der Waals surface area (Å²) in [5, 5.41) is 0. The highest BCUT2D eigenvalue weighted by Gasteiger charge is 2.43. The summed E-state index contributed by atoms with van der Waals surface area (Å²) in [5.41, 5.74) is 6.57. The van der Waals surface area contributed by atoms with Gasteiger partial charge in [0, 0.05) is 60.9 Å². The molecule has 4 atom stereocenters. The fourth-order valence-corrected chi connectivity index (χ4v) is 10.1. The molecule has 6 rings (SSSR count). The minimum atomic E-state index is -0.622. The van der Waals surface area contributed by atoms with Crippen LogP contribution in [0, 0.1) is 0 Å². The first kappa shape index (κ1) is 51.9. The molecule has 4 aromatic carbocycles. The number of hydrogen-bond donors (Lipinski definition) is 0. The predicted molar refractivity (Wildman–Crippen MR) is 259 cm³/mol. The highest BCUT2D eigenvalue weighted by atomic mass is 16.6. The summed E-state index contributed by atoms with van der Waals surface area (Å²) < 4.78 is 69.5. The first-order valence-electron chi connectivity index (χ1n) is 23.1. The Kier molecular flexibility index (Phi) is 17.4. The van der Waals surface area contributed by atoms with E-state index >= 15 is 0 Å². The number of carbonyl (C=O) groups is 2. The van der Waals surface area contributed by atoms with E-state index in [9.17, 15) is 9.59 Å². The molecule has 69 heavy (non-hydrogen) atoms. The lowest BCUT2D eigenvalue weighted by Crippen LogP contribution is -2.52. The van der Waals surface area contributed by atoms with Gasteiger partial charge >= 0.3 is 11.9 Å². The average Bonchev–Trinajstić information content (AvgIpc) is 3.37. The van der Waals surface area contributed by atoms with Crippen LogP contribution in [0.2, 0.25) is 0 Å². The molecule has 0 aliphatic carbocycles. The van der Waals surface area contributed by atoms with Crippen LogP contribution in [0.3, 0.4) is 0 Å². The third-order valence-electron chi connectivity index (χ3n) is 13.7. The lowest BCUT2D eigenvalue weighted by molar-refractivity contribution is -0.941. The number of benzene rings is 4. The molecular formula is C53H70N2O14+2. The van der Waals surface area contributed by atoms with E-state index in [4.69, 9.17) is 56.8 Å². The molecule has 0 saturated carbocycles. The molecule has 0 spiro atoms. The van der Waals surface area contributed by atoms with Gasteiger partial charge in [-0.2, -0.15) is 0 Å². The zero-order valence-corrected chi connectivity index (χ0v) is 42.3. The molecule has 0 N–H and O–H groups in total. The van der Waals surface area contributed by atoms with Crippen LogP contribution in [0.1, 0.15) is 58.3 Å². The Morgan fingerprint density at radius 1 is 0.493 bits per heavy atom. The van der Waals surface area contributed by atoms with Crippen molar-refractivity contribution in [1.82, 2.24) is 0 Å². The van der Waals surface area contributed by atoms with Crippen LogP contribution in [-0.4, -0.2) is 145 Å². The molecule has 0 bridgehead atoms. The van der Waals surface area contributed by atoms with E-state index in [2.05, 4.69) is 26.2 Å². The first-order chi connectivity index (χ1) is 33.3. The number of fused-ring (bicyclic) bond motifs is 2. The van der Waals surface area contributed by atoms with Gasteiger partial charge in [-0.1, -0.05) is 0 Å². The van der Waals surface area contributed by atoms with Crippen molar-refractivity contribution in [2.75, 3.05) is 125 Å². The molecule has 4 aromatic rings. The van der Waals surface area contributed by atoms with Gasteiger partial charge in [-0.25, -0.2) is 9.59 Å².